The van der Waals surface area contributed by atoms with Crippen molar-refractivity contribution in [2.45, 2.75) is 4.90 Å². The van der Waals surface area contributed by atoms with Gasteiger partial charge in [0, 0.05) is 20.4 Å². The molecule has 22 heavy (non-hydrogen) atoms. The van der Waals surface area contributed by atoms with E-state index in [0.29, 0.717) is 15.5 Å². The standard InChI is InChI=1S/C7H9BO2S.C6H5BCl2O2/c1-11-7-5-3-2-4-6(7)8(9)10;8-4-1-2-6(9)5(3-4)7(10)11/h2-5,9-10H,1H3;1-3,10-11H. The van der Waals surface area contributed by atoms with E-state index in [1.807, 2.05) is 18.4 Å². The second-order valence-corrected chi connectivity index (χ2v) is 5.85. The average Bonchev–Trinajstić information content (AvgIpc) is 2.50. The van der Waals surface area contributed by atoms with Gasteiger partial charge in [-0.3, -0.25) is 0 Å². The Morgan fingerprint density at radius 1 is 0.864 bits per heavy atom. The van der Waals surface area contributed by atoms with Crippen LogP contribution in [-0.4, -0.2) is 40.6 Å². The van der Waals surface area contributed by atoms with Gasteiger partial charge in [0.15, 0.2) is 0 Å². The van der Waals surface area contributed by atoms with Crippen molar-refractivity contribution in [2.24, 2.45) is 0 Å². The first-order valence-corrected chi connectivity index (χ1v) is 8.15. The summed E-state index contributed by atoms with van der Waals surface area (Å²) in [5, 5.41) is 36.0. The molecule has 4 N–H and O–H groups in total. The van der Waals surface area contributed by atoms with E-state index < -0.39 is 14.2 Å². The molecule has 0 aromatic heterocycles. The van der Waals surface area contributed by atoms with Crippen LogP contribution in [0.15, 0.2) is 47.4 Å². The van der Waals surface area contributed by atoms with Gasteiger partial charge in [-0.25, -0.2) is 0 Å². The smallest absolute Gasteiger partial charge is 0.423 e. The van der Waals surface area contributed by atoms with Crippen LogP contribution in [0.25, 0.3) is 0 Å². The molecule has 0 saturated heterocycles. The predicted molar refractivity (Wildman–Crippen MR) is 94.3 cm³/mol. The van der Waals surface area contributed by atoms with Gasteiger partial charge in [0.1, 0.15) is 0 Å². The van der Waals surface area contributed by atoms with E-state index in [1.165, 1.54) is 23.9 Å². The first kappa shape index (κ1) is 19.4. The zero-order chi connectivity index (χ0) is 16.7. The van der Waals surface area contributed by atoms with E-state index in [0.717, 1.165) is 4.90 Å². The third kappa shape index (κ3) is 5.85. The highest BCUT2D eigenvalue weighted by molar-refractivity contribution is 7.98. The fourth-order valence-corrected chi connectivity index (χ4v) is 2.61. The van der Waals surface area contributed by atoms with Gasteiger partial charge in [0.2, 0.25) is 0 Å². The monoisotopic (exact) mass is 358 g/mol. The molecule has 0 fully saturated rings. The topological polar surface area (TPSA) is 80.9 Å². The van der Waals surface area contributed by atoms with Crippen molar-refractivity contribution in [2.75, 3.05) is 6.26 Å². The van der Waals surface area contributed by atoms with E-state index in [4.69, 9.17) is 43.3 Å². The lowest BCUT2D eigenvalue weighted by atomic mass is 9.80. The summed E-state index contributed by atoms with van der Waals surface area (Å²) in [7, 11) is -2.93. The zero-order valence-corrected chi connectivity index (χ0v) is 14.0. The Labute approximate surface area is 144 Å². The minimum absolute atomic E-state index is 0.221. The second-order valence-electron chi connectivity index (χ2n) is 4.16. The zero-order valence-electron chi connectivity index (χ0n) is 11.6. The molecule has 0 amide bonds. The Kier molecular flexibility index (Phi) is 8.35. The molecular weight excluding hydrogens is 345 g/mol. The number of rotatable bonds is 3. The molecule has 0 heterocycles. The maximum absolute atomic E-state index is 8.88. The maximum atomic E-state index is 8.88. The molecule has 116 valence electrons. The summed E-state index contributed by atoms with van der Waals surface area (Å²) in [6.45, 7) is 0. The summed E-state index contributed by atoms with van der Waals surface area (Å²) in [5.41, 5.74) is 0.791. The van der Waals surface area contributed by atoms with E-state index >= 15 is 0 Å². The van der Waals surface area contributed by atoms with Crippen molar-refractivity contribution in [3.05, 3.63) is 52.5 Å². The number of thioether (sulfide) groups is 1. The van der Waals surface area contributed by atoms with Gasteiger partial charge in [-0.1, -0.05) is 41.4 Å². The maximum Gasteiger partial charge on any atom is 0.490 e. The third-order valence-corrected chi connectivity index (χ3v) is 4.04. The van der Waals surface area contributed by atoms with Crippen LogP contribution >= 0.6 is 35.0 Å². The lowest BCUT2D eigenvalue weighted by Crippen LogP contribution is -2.31. The van der Waals surface area contributed by atoms with Crippen LogP contribution in [0.5, 0.6) is 0 Å². The first-order chi connectivity index (χ1) is 10.4. The van der Waals surface area contributed by atoms with Crippen molar-refractivity contribution >= 4 is 60.1 Å². The van der Waals surface area contributed by atoms with Gasteiger partial charge in [-0.2, -0.15) is 0 Å². The Morgan fingerprint density at radius 3 is 1.91 bits per heavy atom. The van der Waals surface area contributed by atoms with Gasteiger partial charge in [0.25, 0.3) is 0 Å². The van der Waals surface area contributed by atoms with Crippen molar-refractivity contribution in [1.29, 1.82) is 0 Å². The largest absolute Gasteiger partial charge is 0.490 e. The fourth-order valence-electron chi connectivity index (χ4n) is 1.59. The summed E-state index contributed by atoms with van der Waals surface area (Å²) >= 11 is 12.7. The molecule has 0 aliphatic rings. The molecule has 0 radical (unpaired) electrons. The van der Waals surface area contributed by atoms with E-state index in [-0.39, 0.29) is 5.46 Å². The lowest BCUT2D eigenvalue weighted by molar-refractivity contribution is 0.424. The number of hydrogen-bond acceptors (Lipinski definition) is 5. The number of hydrogen-bond donors (Lipinski definition) is 4. The summed E-state index contributed by atoms with van der Waals surface area (Å²) in [6, 6.07) is 11.7. The van der Waals surface area contributed by atoms with E-state index in [2.05, 4.69) is 0 Å². The lowest BCUT2D eigenvalue weighted by Gasteiger charge is -2.03. The van der Waals surface area contributed by atoms with Gasteiger partial charge in [0.05, 0.1) is 0 Å². The quantitative estimate of drug-likeness (QED) is 0.481. The number of halogens is 2. The van der Waals surface area contributed by atoms with Crippen molar-refractivity contribution in [3.8, 4) is 0 Å². The second kappa shape index (κ2) is 9.47. The van der Waals surface area contributed by atoms with E-state index in [9.17, 15) is 0 Å². The molecule has 2 aromatic carbocycles. The molecule has 0 bridgehead atoms. The molecule has 0 aliphatic carbocycles. The highest BCUT2D eigenvalue weighted by atomic mass is 35.5. The molecule has 0 unspecified atom stereocenters. The molecule has 0 spiro atoms. The summed E-state index contributed by atoms with van der Waals surface area (Å²) in [6.07, 6.45) is 1.90. The minimum atomic E-state index is -1.57. The number of benzene rings is 2. The van der Waals surface area contributed by atoms with Crippen molar-refractivity contribution in [1.82, 2.24) is 0 Å². The SMILES string of the molecule is CSc1ccccc1B(O)O.OB(O)c1cc(Cl)ccc1Cl. The highest BCUT2D eigenvalue weighted by Gasteiger charge is 2.15. The van der Waals surface area contributed by atoms with Crippen LogP contribution in [0.4, 0.5) is 0 Å². The molecule has 0 saturated carbocycles. The normalized spacial score (nSPS) is 9.77. The first-order valence-electron chi connectivity index (χ1n) is 6.17. The van der Waals surface area contributed by atoms with Gasteiger partial charge >= 0.3 is 14.2 Å². The molecule has 9 heteroatoms. The van der Waals surface area contributed by atoms with Crippen LogP contribution in [-0.2, 0) is 0 Å². The predicted octanol–water partition coefficient (Wildman–Crippen LogP) is 0.761. The molecule has 0 aliphatic heterocycles. The van der Waals surface area contributed by atoms with Crippen LogP contribution in [0.3, 0.4) is 0 Å². The Morgan fingerprint density at radius 2 is 1.45 bits per heavy atom. The molecule has 0 atom stereocenters. The molecular formula is C13H14B2Cl2O4S. The third-order valence-electron chi connectivity index (χ3n) is 2.65. The Hall–Kier alpha value is -0.660. The van der Waals surface area contributed by atoms with E-state index in [1.54, 1.807) is 18.2 Å². The summed E-state index contributed by atoms with van der Waals surface area (Å²) in [5.74, 6) is 0. The molecule has 2 aromatic rings. The van der Waals surface area contributed by atoms with Gasteiger partial charge in [-0.15, -0.1) is 11.8 Å². The summed E-state index contributed by atoms with van der Waals surface area (Å²) < 4.78 is 0. The Bertz CT molecular complexity index is 614. The molecule has 2 rings (SSSR count). The van der Waals surface area contributed by atoms with Crippen molar-refractivity contribution < 1.29 is 20.1 Å². The summed E-state index contributed by atoms with van der Waals surface area (Å²) in [4.78, 5) is 0.905. The average molecular weight is 359 g/mol. The molecule has 4 nitrogen and oxygen atoms in total. The fraction of sp³-hybridized carbons (Fsp3) is 0.0769. The Balaban J connectivity index is 0.000000220. The highest BCUT2D eigenvalue weighted by Crippen LogP contribution is 2.12. The van der Waals surface area contributed by atoms with Crippen LogP contribution in [0, 0.1) is 0 Å². The van der Waals surface area contributed by atoms with Crippen LogP contribution in [0.2, 0.25) is 10.0 Å². The van der Waals surface area contributed by atoms with Crippen molar-refractivity contribution in [3.63, 3.8) is 0 Å². The van der Waals surface area contributed by atoms with Crippen LogP contribution < -0.4 is 10.9 Å². The van der Waals surface area contributed by atoms with Crippen LogP contribution in [0.1, 0.15) is 0 Å². The van der Waals surface area contributed by atoms with Gasteiger partial charge < -0.3 is 20.1 Å². The minimum Gasteiger partial charge on any atom is -0.423 e. The van der Waals surface area contributed by atoms with Gasteiger partial charge in [-0.05, 0) is 36.0 Å².